The molecule has 0 aliphatic heterocycles. The third kappa shape index (κ3) is 5.06. The van der Waals surface area contributed by atoms with Crippen molar-refractivity contribution in [3.05, 3.63) is 4.88 Å². The molecule has 5 nitrogen and oxygen atoms in total. The minimum absolute atomic E-state index is 0.132. The minimum Gasteiger partial charge on any atom is -0.382 e. The molecular formula is C13H24N4OS. The van der Waals surface area contributed by atoms with Crippen molar-refractivity contribution in [1.82, 2.24) is 10.3 Å². The molecule has 1 heterocycles. The van der Waals surface area contributed by atoms with E-state index in [9.17, 15) is 4.79 Å². The van der Waals surface area contributed by atoms with Gasteiger partial charge in [-0.25, -0.2) is 4.98 Å². The zero-order valence-corrected chi connectivity index (χ0v) is 12.9. The number of nitrogen functional groups attached to an aromatic ring is 1. The number of carbonyl (C=O) groups excluding carboxylic acids is 1. The Bertz CT molecular complexity index is 417. The Morgan fingerprint density at radius 3 is 2.63 bits per heavy atom. The van der Waals surface area contributed by atoms with E-state index in [0.717, 1.165) is 13.0 Å². The van der Waals surface area contributed by atoms with Crippen LogP contribution in [0.2, 0.25) is 0 Å². The highest BCUT2D eigenvalue weighted by Gasteiger charge is 2.16. The van der Waals surface area contributed by atoms with Crippen molar-refractivity contribution in [3.63, 3.8) is 0 Å². The maximum atomic E-state index is 12.0. The highest BCUT2D eigenvalue weighted by molar-refractivity contribution is 7.18. The average molecular weight is 284 g/mol. The molecule has 0 spiro atoms. The maximum Gasteiger partial charge on any atom is 0.265 e. The van der Waals surface area contributed by atoms with Gasteiger partial charge in [0.25, 0.3) is 5.91 Å². The number of rotatable bonds is 7. The van der Waals surface area contributed by atoms with E-state index in [4.69, 9.17) is 5.73 Å². The van der Waals surface area contributed by atoms with E-state index in [2.05, 4.69) is 43.3 Å². The van der Waals surface area contributed by atoms with E-state index in [1.165, 1.54) is 11.3 Å². The molecule has 1 unspecified atom stereocenters. The molecule has 0 radical (unpaired) electrons. The molecule has 4 N–H and O–H groups in total. The molecule has 0 saturated carbocycles. The summed E-state index contributed by atoms with van der Waals surface area (Å²) in [6, 6.07) is 0. The molecule has 0 aromatic carbocycles. The third-order valence-electron chi connectivity index (χ3n) is 2.83. The van der Waals surface area contributed by atoms with E-state index in [1.807, 2.05) is 0 Å². The number of nitrogens with one attached hydrogen (secondary N) is 2. The van der Waals surface area contributed by atoms with Crippen LogP contribution in [-0.2, 0) is 0 Å². The Morgan fingerprint density at radius 1 is 1.37 bits per heavy atom. The van der Waals surface area contributed by atoms with Crippen LogP contribution in [0.25, 0.3) is 0 Å². The number of thiazole rings is 1. The molecule has 0 aliphatic rings. The van der Waals surface area contributed by atoms with Gasteiger partial charge in [-0.15, -0.1) is 0 Å². The first-order valence-electron chi connectivity index (χ1n) is 6.72. The van der Waals surface area contributed by atoms with Crippen LogP contribution in [0.5, 0.6) is 0 Å². The first kappa shape index (κ1) is 15.8. The Morgan fingerprint density at radius 2 is 2.05 bits per heavy atom. The fourth-order valence-corrected chi connectivity index (χ4v) is 2.16. The smallest absolute Gasteiger partial charge is 0.265 e. The van der Waals surface area contributed by atoms with Gasteiger partial charge in [0.15, 0.2) is 5.13 Å². The lowest BCUT2D eigenvalue weighted by Crippen LogP contribution is -2.27. The fraction of sp³-hybridized carbons (Fsp3) is 0.692. The Balaban J connectivity index is 2.59. The van der Waals surface area contributed by atoms with Gasteiger partial charge in [0.05, 0.1) is 0 Å². The van der Waals surface area contributed by atoms with Crippen LogP contribution in [0.3, 0.4) is 0 Å². The highest BCUT2D eigenvalue weighted by Crippen LogP contribution is 2.25. The second-order valence-corrected chi connectivity index (χ2v) is 6.23. The fourth-order valence-electron chi connectivity index (χ4n) is 1.35. The summed E-state index contributed by atoms with van der Waals surface area (Å²) in [6.07, 6.45) is 1.04. The van der Waals surface area contributed by atoms with Gasteiger partial charge in [-0.05, 0) is 11.8 Å². The van der Waals surface area contributed by atoms with Crippen LogP contribution in [0.15, 0.2) is 0 Å². The van der Waals surface area contributed by atoms with Crippen molar-refractivity contribution in [2.45, 2.75) is 34.1 Å². The van der Waals surface area contributed by atoms with Crippen molar-refractivity contribution in [1.29, 1.82) is 0 Å². The molecule has 0 fully saturated rings. The van der Waals surface area contributed by atoms with Crippen molar-refractivity contribution in [2.24, 2.45) is 11.8 Å². The SMILES string of the molecule is CCC(C)CNC(=O)c1sc(NCC(C)C)nc1N. The second kappa shape index (κ2) is 7.33. The first-order chi connectivity index (χ1) is 8.93. The van der Waals surface area contributed by atoms with Gasteiger partial charge in [0.2, 0.25) is 0 Å². The lowest BCUT2D eigenvalue weighted by molar-refractivity contribution is 0.0952. The number of nitrogens with two attached hydrogens (primary N) is 1. The largest absolute Gasteiger partial charge is 0.382 e. The van der Waals surface area contributed by atoms with Crippen molar-refractivity contribution < 1.29 is 4.79 Å². The minimum atomic E-state index is -0.132. The average Bonchev–Trinajstić information content (AvgIpc) is 2.74. The number of hydrogen-bond donors (Lipinski definition) is 3. The molecule has 19 heavy (non-hydrogen) atoms. The molecule has 0 bridgehead atoms. The van der Waals surface area contributed by atoms with Gasteiger partial charge in [-0.3, -0.25) is 4.79 Å². The summed E-state index contributed by atoms with van der Waals surface area (Å²) in [7, 11) is 0. The van der Waals surface area contributed by atoms with Crippen molar-refractivity contribution >= 4 is 28.2 Å². The summed E-state index contributed by atoms with van der Waals surface area (Å²) >= 11 is 1.31. The molecule has 0 saturated heterocycles. The second-order valence-electron chi connectivity index (χ2n) is 5.23. The summed E-state index contributed by atoms with van der Waals surface area (Å²) in [5, 5.41) is 6.78. The van der Waals surface area contributed by atoms with Crippen LogP contribution in [0, 0.1) is 11.8 Å². The first-order valence-corrected chi connectivity index (χ1v) is 7.54. The Kier molecular flexibility index (Phi) is 6.08. The van der Waals surface area contributed by atoms with Gasteiger partial charge in [-0.2, -0.15) is 0 Å². The van der Waals surface area contributed by atoms with Gasteiger partial charge in [-0.1, -0.05) is 45.5 Å². The van der Waals surface area contributed by atoms with E-state index < -0.39 is 0 Å². The summed E-state index contributed by atoms with van der Waals surface area (Å²) in [6.45, 7) is 9.92. The van der Waals surface area contributed by atoms with Crippen LogP contribution in [0.4, 0.5) is 10.9 Å². The summed E-state index contributed by atoms with van der Waals surface area (Å²) in [4.78, 5) is 16.7. The highest BCUT2D eigenvalue weighted by atomic mass is 32.1. The Hall–Kier alpha value is -1.30. The molecule has 1 aromatic rings. The zero-order chi connectivity index (χ0) is 14.4. The van der Waals surface area contributed by atoms with Crippen LogP contribution < -0.4 is 16.4 Å². The molecule has 108 valence electrons. The normalized spacial score (nSPS) is 12.5. The Labute approximate surface area is 119 Å². The van der Waals surface area contributed by atoms with Crippen LogP contribution in [-0.4, -0.2) is 24.0 Å². The maximum absolute atomic E-state index is 12.0. The molecular weight excluding hydrogens is 260 g/mol. The van der Waals surface area contributed by atoms with Gasteiger partial charge in [0.1, 0.15) is 10.7 Å². The third-order valence-corrected chi connectivity index (χ3v) is 3.86. The van der Waals surface area contributed by atoms with E-state index in [-0.39, 0.29) is 5.91 Å². The molecule has 1 amide bonds. The number of nitrogens with zero attached hydrogens (tertiary/aromatic N) is 1. The molecule has 6 heteroatoms. The predicted octanol–water partition coefficient (Wildman–Crippen LogP) is 2.57. The topological polar surface area (TPSA) is 80.0 Å². The standard InChI is InChI=1S/C13H24N4OS/c1-5-9(4)7-15-12(18)10-11(14)17-13(19-10)16-6-8(2)3/h8-9H,5-7,14H2,1-4H3,(H,15,18)(H,16,17). The molecule has 1 atom stereocenters. The summed E-state index contributed by atoms with van der Waals surface area (Å²) < 4.78 is 0. The van der Waals surface area contributed by atoms with Gasteiger partial charge < -0.3 is 16.4 Å². The van der Waals surface area contributed by atoms with Crippen molar-refractivity contribution in [3.8, 4) is 0 Å². The summed E-state index contributed by atoms with van der Waals surface area (Å²) in [5.74, 6) is 1.16. The number of amides is 1. The number of anilines is 2. The quantitative estimate of drug-likeness (QED) is 0.719. The van der Waals surface area contributed by atoms with Crippen LogP contribution >= 0.6 is 11.3 Å². The number of aromatic nitrogens is 1. The monoisotopic (exact) mass is 284 g/mol. The van der Waals surface area contributed by atoms with E-state index in [0.29, 0.717) is 34.2 Å². The van der Waals surface area contributed by atoms with Crippen molar-refractivity contribution in [2.75, 3.05) is 24.1 Å². The van der Waals surface area contributed by atoms with Crippen LogP contribution in [0.1, 0.15) is 43.8 Å². The van der Waals surface area contributed by atoms with Gasteiger partial charge in [0, 0.05) is 13.1 Å². The molecule has 0 aliphatic carbocycles. The molecule has 1 rings (SSSR count). The zero-order valence-electron chi connectivity index (χ0n) is 12.1. The molecule has 1 aromatic heterocycles. The van der Waals surface area contributed by atoms with E-state index in [1.54, 1.807) is 0 Å². The number of hydrogen-bond acceptors (Lipinski definition) is 5. The lowest BCUT2D eigenvalue weighted by atomic mass is 10.1. The summed E-state index contributed by atoms with van der Waals surface area (Å²) in [5.41, 5.74) is 5.79. The number of carbonyl (C=O) groups is 1. The van der Waals surface area contributed by atoms with Gasteiger partial charge >= 0.3 is 0 Å². The van der Waals surface area contributed by atoms with E-state index >= 15 is 0 Å². The lowest BCUT2D eigenvalue weighted by Gasteiger charge is -2.09. The predicted molar refractivity (Wildman–Crippen MR) is 81.6 cm³/mol.